The SMILES string of the molecule is CCSc1nn(C2OC(COC(=O)c3ccccc3)C(OC(=O)c3ccccc3)C2OC(=O)c2ccccc2)c(=O)[nH]c1=S. The first-order valence-corrected chi connectivity index (χ1v) is 15.0. The fourth-order valence-electron chi connectivity index (χ4n) is 4.45. The number of nitrogens with one attached hydrogen (secondary N) is 1. The van der Waals surface area contributed by atoms with Crippen molar-refractivity contribution in [3.63, 3.8) is 0 Å². The van der Waals surface area contributed by atoms with Gasteiger partial charge in [-0.2, -0.15) is 9.78 Å². The molecule has 0 saturated carbocycles. The number of carbonyl (C=O) groups is 3. The monoisotopic (exact) mass is 633 g/mol. The molecule has 3 aromatic carbocycles. The molecule has 0 bridgehead atoms. The third-order valence-corrected chi connectivity index (χ3v) is 7.79. The molecule has 0 amide bonds. The summed E-state index contributed by atoms with van der Waals surface area (Å²) in [5, 5.41) is 4.73. The number of hydrogen-bond acceptors (Lipinski definition) is 11. The molecule has 0 spiro atoms. The van der Waals surface area contributed by atoms with Crippen LogP contribution in [0.3, 0.4) is 0 Å². The van der Waals surface area contributed by atoms with Crippen LogP contribution in [0.5, 0.6) is 0 Å². The number of ether oxygens (including phenoxy) is 4. The summed E-state index contributed by atoms with van der Waals surface area (Å²) in [6, 6.07) is 24.7. The van der Waals surface area contributed by atoms with Crippen LogP contribution in [0, 0.1) is 4.64 Å². The number of carbonyl (C=O) groups excluding carboxylic acids is 3. The zero-order chi connectivity index (χ0) is 31.1. The first-order valence-electron chi connectivity index (χ1n) is 13.6. The molecule has 11 nitrogen and oxygen atoms in total. The van der Waals surface area contributed by atoms with Crippen molar-refractivity contribution in [2.24, 2.45) is 0 Å². The van der Waals surface area contributed by atoms with E-state index in [2.05, 4.69) is 10.1 Å². The zero-order valence-corrected chi connectivity index (χ0v) is 25.0. The van der Waals surface area contributed by atoms with Crippen molar-refractivity contribution in [3.05, 3.63) is 123 Å². The lowest BCUT2D eigenvalue weighted by molar-refractivity contribution is -0.0706. The number of nitrogens with zero attached hydrogens (tertiary/aromatic N) is 2. The van der Waals surface area contributed by atoms with E-state index in [9.17, 15) is 19.2 Å². The van der Waals surface area contributed by atoms with Crippen LogP contribution in [0.2, 0.25) is 0 Å². The molecule has 4 unspecified atom stereocenters. The number of H-pyrrole nitrogens is 1. The number of thioether (sulfide) groups is 1. The first kappa shape index (κ1) is 30.9. The van der Waals surface area contributed by atoms with Crippen LogP contribution in [-0.4, -0.2) is 63.3 Å². The highest BCUT2D eigenvalue weighted by atomic mass is 32.2. The maximum absolute atomic E-state index is 13.3. The largest absolute Gasteiger partial charge is 0.459 e. The Labute approximate surface area is 261 Å². The van der Waals surface area contributed by atoms with Crippen LogP contribution in [-0.2, 0) is 18.9 Å². The van der Waals surface area contributed by atoms with Crippen molar-refractivity contribution in [2.75, 3.05) is 12.4 Å². The number of hydrogen-bond donors (Lipinski definition) is 1. The summed E-state index contributed by atoms with van der Waals surface area (Å²) >= 11 is 6.56. The van der Waals surface area contributed by atoms with E-state index < -0.39 is 54.7 Å². The molecule has 0 aliphatic carbocycles. The third kappa shape index (κ3) is 7.13. The zero-order valence-electron chi connectivity index (χ0n) is 23.4. The van der Waals surface area contributed by atoms with Gasteiger partial charge in [0.2, 0.25) is 0 Å². The van der Waals surface area contributed by atoms with Crippen molar-refractivity contribution in [1.82, 2.24) is 14.8 Å². The Balaban J connectivity index is 1.54. The van der Waals surface area contributed by atoms with Gasteiger partial charge in [0.05, 0.1) is 16.7 Å². The molecule has 44 heavy (non-hydrogen) atoms. The van der Waals surface area contributed by atoms with Gasteiger partial charge in [0.15, 0.2) is 23.5 Å². The van der Waals surface area contributed by atoms with E-state index in [0.717, 1.165) is 4.68 Å². The Morgan fingerprint density at radius 3 is 1.86 bits per heavy atom. The van der Waals surface area contributed by atoms with E-state index in [1.807, 2.05) is 6.92 Å². The molecule has 2 heterocycles. The molecular weight excluding hydrogens is 606 g/mol. The van der Waals surface area contributed by atoms with E-state index in [4.69, 9.17) is 31.2 Å². The molecule has 5 rings (SSSR count). The van der Waals surface area contributed by atoms with Gasteiger partial charge in [0.25, 0.3) is 0 Å². The van der Waals surface area contributed by atoms with Crippen molar-refractivity contribution < 1.29 is 33.3 Å². The molecule has 4 aromatic rings. The lowest BCUT2D eigenvalue weighted by Gasteiger charge is -2.24. The molecule has 1 aromatic heterocycles. The minimum absolute atomic E-state index is 0.134. The Morgan fingerprint density at radius 2 is 1.34 bits per heavy atom. The third-order valence-electron chi connectivity index (χ3n) is 6.52. The number of rotatable bonds is 10. The minimum Gasteiger partial charge on any atom is -0.459 e. The molecule has 1 saturated heterocycles. The van der Waals surface area contributed by atoms with Gasteiger partial charge in [0, 0.05) is 0 Å². The summed E-state index contributed by atoms with van der Waals surface area (Å²) < 4.78 is 24.6. The molecule has 1 aliphatic rings. The lowest BCUT2D eigenvalue weighted by atomic mass is 10.1. The van der Waals surface area contributed by atoms with Gasteiger partial charge < -0.3 is 18.9 Å². The number of benzene rings is 3. The summed E-state index contributed by atoms with van der Waals surface area (Å²) in [6.07, 6.45) is -5.24. The smallest absolute Gasteiger partial charge is 0.345 e. The van der Waals surface area contributed by atoms with Crippen LogP contribution >= 0.6 is 24.0 Å². The normalized spacial score (nSPS) is 19.2. The second kappa shape index (κ2) is 14.3. The maximum Gasteiger partial charge on any atom is 0.345 e. The Hall–Kier alpha value is -4.59. The predicted molar refractivity (Wildman–Crippen MR) is 162 cm³/mol. The highest BCUT2D eigenvalue weighted by Crippen LogP contribution is 2.35. The molecule has 4 atom stereocenters. The van der Waals surface area contributed by atoms with Gasteiger partial charge in [-0.25, -0.2) is 19.2 Å². The minimum atomic E-state index is -1.38. The Kier molecular flexibility index (Phi) is 10.00. The molecule has 13 heteroatoms. The summed E-state index contributed by atoms with van der Waals surface area (Å²) in [6.45, 7) is 1.49. The van der Waals surface area contributed by atoms with Gasteiger partial charge in [-0.3, -0.25) is 4.98 Å². The average molecular weight is 634 g/mol. The van der Waals surface area contributed by atoms with Crippen LogP contribution in [0.25, 0.3) is 0 Å². The highest BCUT2D eigenvalue weighted by Gasteiger charge is 2.52. The lowest BCUT2D eigenvalue weighted by Crippen LogP contribution is -2.43. The standard InChI is InChI=1S/C31H27N3O8S2/c1-2-44-26-25(43)32-31(38)34(33-26)27-24(42-30(37)21-16-10-5-11-17-21)23(41-29(36)20-14-8-4-9-15-20)22(40-27)18-39-28(35)19-12-6-3-7-13-19/h3-17,22-24,27H,2,18H2,1H3,(H,32,38,43). The Bertz CT molecular complexity index is 1730. The van der Waals surface area contributed by atoms with E-state index in [1.54, 1.807) is 91.0 Å². The fourth-order valence-corrected chi connectivity index (χ4v) is 5.36. The van der Waals surface area contributed by atoms with Gasteiger partial charge in [-0.05, 0) is 42.2 Å². The first-order chi connectivity index (χ1) is 21.4. The van der Waals surface area contributed by atoms with Crippen LogP contribution in [0.4, 0.5) is 0 Å². The summed E-state index contributed by atoms with van der Waals surface area (Å²) in [5.74, 6) is -1.54. The molecule has 1 aliphatic heterocycles. The van der Waals surface area contributed by atoms with Crippen LogP contribution < -0.4 is 5.69 Å². The number of aromatic nitrogens is 3. The molecule has 1 fully saturated rings. The van der Waals surface area contributed by atoms with Gasteiger partial charge in [-0.1, -0.05) is 73.7 Å². The second-order valence-electron chi connectivity index (χ2n) is 9.44. The second-order valence-corrected chi connectivity index (χ2v) is 11.1. The van der Waals surface area contributed by atoms with E-state index in [0.29, 0.717) is 16.3 Å². The number of aromatic amines is 1. The molecule has 0 radical (unpaired) electrons. The van der Waals surface area contributed by atoms with E-state index in [-0.39, 0.29) is 15.8 Å². The molecule has 226 valence electrons. The fraction of sp³-hybridized carbons (Fsp3) is 0.226. The van der Waals surface area contributed by atoms with Gasteiger partial charge in [0.1, 0.15) is 17.4 Å². The van der Waals surface area contributed by atoms with E-state index in [1.165, 1.54) is 11.8 Å². The van der Waals surface area contributed by atoms with Gasteiger partial charge >= 0.3 is 23.6 Å². The van der Waals surface area contributed by atoms with E-state index >= 15 is 0 Å². The average Bonchev–Trinajstić information content (AvgIpc) is 3.38. The quantitative estimate of drug-likeness (QED) is 0.113. The van der Waals surface area contributed by atoms with Gasteiger partial charge in [-0.15, -0.1) is 11.8 Å². The van der Waals surface area contributed by atoms with Crippen molar-refractivity contribution in [3.8, 4) is 0 Å². The van der Waals surface area contributed by atoms with Crippen LogP contribution in [0.15, 0.2) is 101 Å². The summed E-state index contributed by atoms with van der Waals surface area (Å²) in [5.41, 5.74) is -0.00357. The predicted octanol–water partition coefficient (Wildman–Crippen LogP) is 4.62. The number of esters is 3. The van der Waals surface area contributed by atoms with Crippen molar-refractivity contribution in [1.29, 1.82) is 0 Å². The highest BCUT2D eigenvalue weighted by molar-refractivity contribution is 7.99. The van der Waals surface area contributed by atoms with Crippen molar-refractivity contribution >= 4 is 41.9 Å². The van der Waals surface area contributed by atoms with Crippen molar-refractivity contribution in [2.45, 2.75) is 36.5 Å². The maximum atomic E-state index is 13.3. The summed E-state index contributed by atoms with van der Waals surface area (Å²) in [7, 11) is 0. The topological polar surface area (TPSA) is 139 Å². The molecule has 1 N–H and O–H groups in total. The Morgan fingerprint density at radius 1 is 0.841 bits per heavy atom. The van der Waals surface area contributed by atoms with Crippen LogP contribution in [0.1, 0.15) is 44.2 Å². The summed E-state index contributed by atoms with van der Waals surface area (Å²) in [4.78, 5) is 55.1. The molecular formula is C31H27N3O8S2.